The summed E-state index contributed by atoms with van der Waals surface area (Å²) in [5.74, 6) is 0.833. The summed E-state index contributed by atoms with van der Waals surface area (Å²) >= 11 is 3.51. The largest absolute Gasteiger partial charge is 0.497 e. The molecule has 0 spiro atoms. The van der Waals surface area contributed by atoms with E-state index in [9.17, 15) is 4.79 Å². The highest BCUT2D eigenvalue weighted by Gasteiger charge is 2.17. The topological polar surface area (TPSA) is 46.5 Å². The molecule has 33 heavy (non-hydrogen) atoms. The van der Waals surface area contributed by atoms with E-state index in [1.165, 1.54) is 0 Å². The van der Waals surface area contributed by atoms with Crippen molar-refractivity contribution in [1.29, 1.82) is 0 Å². The van der Waals surface area contributed by atoms with Crippen molar-refractivity contribution in [3.8, 4) is 5.75 Å². The second-order valence-electron chi connectivity index (χ2n) is 7.73. The molecule has 1 N–H and O–H groups in total. The third-order valence-electron chi connectivity index (χ3n) is 5.38. The summed E-state index contributed by atoms with van der Waals surface area (Å²) in [4.78, 5) is 15.1. The molecule has 0 radical (unpaired) electrons. The highest BCUT2D eigenvalue weighted by atomic mass is 79.9. The fourth-order valence-corrected chi connectivity index (χ4v) is 4.05. The monoisotopic (exact) mass is 503 g/mol. The van der Waals surface area contributed by atoms with Crippen molar-refractivity contribution in [2.24, 2.45) is 0 Å². The van der Waals surface area contributed by atoms with E-state index in [1.807, 2.05) is 90.0 Å². The number of aromatic nitrogens is 1. The summed E-state index contributed by atoms with van der Waals surface area (Å²) in [5.41, 5.74) is 4.01. The molecule has 4 aromatic rings. The van der Waals surface area contributed by atoms with E-state index in [-0.39, 0.29) is 6.03 Å². The number of nitrogens with one attached hydrogen (secondary N) is 1. The van der Waals surface area contributed by atoms with E-state index < -0.39 is 0 Å². The maximum atomic E-state index is 13.3. The van der Waals surface area contributed by atoms with Gasteiger partial charge in [0.25, 0.3) is 0 Å². The standard InChI is InChI=1S/C27H26BrN3O2/c1-33-24-13-7-11-22(17-24)19-30-16-8-12-23(30)20-31(18-21-9-3-2-4-10-21)27(32)29-26-15-6-5-14-25(26)28/h2-17H,18-20H2,1H3,(H,29,32). The van der Waals surface area contributed by atoms with Gasteiger partial charge in [0, 0.05) is 29.5 Å². The summed E-state index contributed by atoms with van der Waals surface area (Å²) in [6, 6.07) is 29.6. The van der Waals surface area contributed by atoms with Gasteiger partial charge in [0.05, 0.1) is 19.3 Å². The Bertz CT molecular complexity index is 1210. The summed E-state index contributed by atoms with van der Waals surface area (Å²) in [6.45, 7) is 1.67. The van der Waals surface area contributed by atoms with E-state index in [2.05, 4.69) is 37.9 Å². The number of urea groups is 1. The van der Waals surface area contributed by atoms with Crippen molar-refractivity contribution in [2.75, 3.05) is 12.4 Å². The first kappa shape index (κ1) is 22.7. The number of rotatable bonds is 8. The van der Waals surface area contributed by atoms with E-state index in [0.29, 0.717) is 19.6 Å². The lowest BCUT2D eigenvalue weighted by Crippen LogP contribution is -2.34. The Morgan fingerprint density at radius 2 is 1.67 bits per heavy atom. The molecule has 2 amide bonds. The number of ether oxygens (including phenoxy) is 1. The molecule has 0 aliphatic heterocycles. The van der Waals surface area contributed by atoms with Crippen LogP contribution >= 0.6 is 15.9 Å². The van der Waals surface area contributed by atoms with Crippen molar-refractivity contribution >= 4 is 27.6 Å². The van der Waals surface area contributed by atoms with Crippen LogP contribution in [0.3, 0.4) is 0 Å². The highest BCUT2D eigenvalue weighted by Crippen LogP contribution is 2.23. The zero-order valence-electron chi connectivity index (χ0n) is 18.4. The van der Waals surface area contributed by atoms with Gasteiger partial charge in [-0.15, -0.1) is 0 Å². The molecule has 1 heterocycles. The van der Waals surface area contributed by atoms with Crippen molar-refractivity contribution in [3.63, 3.8) is 0 Å². The van der Waals surface area contributed by atoms with Gasteiger partial charge in [0.1, 0.15) is 5.75 Å². The minimum atomic E-state index is -0.153. The molecule has 0 fully saturated rings. The summed E-state index contributed by atoms with van der Waals surface area (Å²) in [7, 11) is 1.67. The number of hydrogen-bond donors (Lipinski definition) is 1. The van der Waals surface area contributed by atoms with E-state index >= 15 is 0 Å². The Morgan fingerprint density at radius 1 is 0.909 bits per heavy atom. The lowest BCUT2D eigenvalue weighted by Gasteiger charge is -2.24. The first-order valence-electron chi connectivity index (χ1n) is 10.7. The zero-order chi connectivity index (χ0) is 23.0. The first-order valence-corrected chi connectivity index (χ1v) is 11.5. The van der Waals surface area contributed by atoms with Crippen molar-refractivity contribution in [1.82, 2.24) is 9.47 Å². The van der Waals surface area contributed by atoms with Gasteiger partial charge in [0.2, 0.25) is 0 Å². The summed E-state index contributed by atoms with van der Waals surface area (Å²) in [5, 5.41) is 3.04. The number of hydrogen-bond acceptors (Lipinski definition) is 2. The van der Waals surface area contributed by atoms with Crippen LogP contribution in [0.5, 0.6) is 5.75 Å². The van der Waals surface area contributed by atoms with E-state index in [1.54, 1.807) is 7.11 Å². The molecule has 0 saturated heterocycles. The third kappa shape index (κ3) is 6.05. The van der Waals surface area contributed by atoms with E-state index in [4.69, 9.17) is 4.74 Å². The van der Waals surface area contributed by atoms with E-state index in [0.717, 1.165) is 32.7 Å². The normalized spacial score (nSPS) is 10.6. The molecule has 4 rings (SSSR count). The van der Waals surface area contributed by atoms with Crippen LogP contribution < -0.4 is 10.1 Å². The van der Waals surface area contributed by atoms with Gasteiger partial charge in [-0.25, -0.2) is 4.79 Å². The maximum absolute atomic E-state index is 13.3. The van der Waals surface area contributed by atoms with Gasteiger partial charge in [0.15, 0.2) is 0 Å². The molecule has 0 bridgehead atoms. The maximum Gasteiger partial charge on any atom is 0.322 e. The molecule has 168 valence electrons. The number of para-hydroxylation sites is 1. The van der Waals surface area contributed by atoms with Crippen LogP contribution in [-0.2, 0) is 19.6 Å². The predicted molar refractivity (Wildman–Crippen MR) is 135 cm³/mol. The molecule has 0 unspecified atom stereocenters. The van der Waals surface area contributed by atoms with Crippen molar-refractivity contribution in [3.05, 3.63) is 118 Å². The number of benzene rings is 3. The molecule has 5 nitrogen and oxygen atoms in total. The van der Waals surface area contributed by atoms with Gasteiger partial charge in [-0.1, -0.05) is 54.6 Å². The second-order valence-corrected chi connectivity index (χ2v) is 8.58. The molecule has 0 atom stereocenters. The number of methoxy groups -OCH3 is 1. The Balaban J connectivity index is 1.56. The molecule has 0 aliphatic carbocycles. The molecule has 0 aliphatic rings. The molecular weight excluding hydrogens is 478 g/mol. The second kappa shape index (κ2) is 10.9. The molecule has 3 aromatic carbocycles. The Labute approximate surface area is 202 Å². The molecule has 1 aromatic heterocycles. The van der Waals surface area contributed by atoms with Crippen LogP contribution in [0.4, 0.5) is 10.5 Å². The average molecular weight is 504 g/mol. The number of halogens is 1. The zero-order valence-corrected chi connectivity index (χ0v) is 20.0. The average Bonchev–Trinajstić information content (AvgIpc) is 3.27. The molecule has 0 saturated carbocycles. The third-order valence-corrected chi connectivity index (χ3v) is 6.07. The van der Waals surface area contributed by atoms with Crippen LogP contribution in [0.1, 0.15) is 16.8 Å². The van der Waals surface area contributed by atoms with Gasteiger partial charge in [-0.05, 0) is 63.5 Å². The van der Waals surface area contributed by atoms with Gasteiger partial charge in [-0.3, -0.25) is 0 Å². The van der Waals surface area contributed by atoms with Crippen LogP contribution in [0, 0.1) is 0 Å². The molecule has 6 heteroatoms. The van der Waals surface area contributed by atoms with Crippen molar-refractivity contribution in [2.45, 2.75) is 19.6 Å². The lowest BCUT2D eigenvalue weighted by molar-refractivity contribution is 0.205. The lowest BCUT2D eigenvalue weighted by atomic mass is 10.2. The summed E-state index contributed by atoms with van der Waals surface area (Å²) in [6.07, 6.45) is 2.04. The van der Waals surface area contributed by atoms with Crippen LogP contribution in [0.25, 0.3) is 0 Å². The first-order chi connectivity index (χ1) is 16.1. The fourth-order valence-electron chi connectivity index (χ4n) is 3.67. The van der Waals surface area contributed by atoms with Crippen LogP contribution in [0.2, 0.25) is 0 Å². The SMILES string of the molecule is COc1cccc(Cn2cccc2CN(Cc2ccccc2)C(=O)Nc2ccccc2Br)c1. The predicted octanol–water partition coefficient (Wildman–Crippen LogP) is 6.54. The number of carbonyl (C=O) groups is 1. The number of nitrogens with zero attached hydrogens (tertiary/aromatic N) is 2. The Morgan fingerprint density at radius 3 is 2.45 bits per heavy atom. The van der Waals surface area contributed by atoms with Gasteiger partial charge < -0.3 is 19.5 Å². The van der Waals surface area contributed by atoms with Gasteiger partial charge in [-0.2, -0.15) is 0 Å². The quantitative estimate of drug-likeness (QED) is 0.296. The Hall–Kier alpha value is -3.51. The number of amides is 2. The minimum Gasteiger partial charge on any atom is -0.497 e. The fraction of sp³-hybridized carbons (Fsp3) is 0.148. The number of anilines is 1. The molecular formula is C27H26BrN3O2. The number of carbonyl (C=O) groups excluding carboxylic acids is 1. The smallest absolute Gasteiger partial charge is 0.322 e. The summed E-state index contributed by atoms with van der Waals surface area (Å²) < 4.78 is 8.37. The van der Waals surface area contributed by atoms with Crippen LogP contribution in [-0.4, -0.2) is 22.6 Å². The van der Waals surface area contributed by atoms with Gasteiger partial charge >= 0.3 is 6.03 Å². The van der Waals surface area contributed by atoms with Crippen molar-refractivity contribution < 1.29 is 9.53 Å². The minimum absolute atomic E-state index is 0.153. The Kier molecular flexibility index (Phi) is 7.47. The highest BCUT2D eigenvalue weighted by molar-refractivity contribution is 9.10. The van der Waals surface area contributed by atoms with Crippen LogP contribution in [0.15, 0.2) is 102 Å².